The highest BCUT2D eigenvalue weighted by Gasteiger charge is 2.28. The lowest BCUT2D eigenvalue weighted by Gasteiger charge is -2.36. The van der Waals surface area contributed by atoms with Gasteiger partial charge in [-0.2, -0.15) is 5.10 Å². The highest BCUT2D eigenvalue weighted by molar-refractivity contribution is 5.82. The quantitative estimate of drug-likeness (QED) is 0.442. The highest BCUT2D eigenvalue weighted by Crippen LogP contribution is 2.39. The molecule has 1 aromatic carbocycles. The molecule has 0 atom stereocenters. The van der Waals surface area contributed by atoms with Gasteiger partial charge in [0.2, 0.25) is 0 Å². The monoisotopic (exact) mass is 455 g/mol. The number of halogens is 1. The SMILES string of the molecule is CCc1nn2c(-c3c(C)cc(OC)cc3OC)cccc2c1N(CCCF)C1CCOCC1. The zero-order valence-corrected chi connectivity index (χ0v) is 20.1. The molecule has 0 saturated carbocycles. The number of hydrogen-bond acceptors (Lipinski definition) is 5. The topological polar surface area (TPSA) is 48.2 Å². The molecule has 1 aliphatic heterocycles. The first-order chi connectivity index (χ1) is 16.1. The van der Waals surface area contributed by atoms with E-state index in [-0.39, 0.29) is 6.67 Å². The van der Waals surface area contributed by atoms with E-state index in [9.17, 15) is 4.39 Å². The van der Waals surface area contributed by atoms with Crippen LogP contribution in [-0.4, -0.2) is 56.3 Å². The van der Waals surface area contributed by atoms with E-state index in [1.54, 1.807) is 14.2 Å². The van der Waals surface area contributed by atoms with Crippen molar-refractivity contribution in [2.24, 2.45) is 0 Å². The number of aryl methyl sites for hydroxylation is 2. The van der Waals surface area contributed by atoms with Crippen molar-refractivity contribution < 1.29 is 18.6 Å². The minimum absolute atomic E-state index is 0.324. The van der Waals surface area contributed by atoms with E-state index in [2.05, 4.69) is 36.9 Å². The average Bonchev–Trinajstić information content (AvgIpc) is 3.23. The zero-order valence-electron chi connectivity index (χ0n) is 20.1. The van der Waals surface area contributed by atoms with Crippen LogP contribution in [0.3, 0.4) is 0 Å². The third-order valence-corrected chi connectivity index (χ3v) is 6.47. The van der Waals surface area contributed by atoms with E-state index >= 15 is 0 Å². The van der Waals surface area contributed by atoms with Crippen LogP contribution in [-0.2, 0) is 11.2 Å². The molecule has 33 heavy (non-hydrogen) atoms. The van der Waals surface area contributed by atoms with Gasteiger partial charge in [-0.15, -0.1) is 0 Å². The number of nitrogens with zero attached hydrogens (tertiary/aromatic N) is 3. The van der Waals surface area contributed by atoms with Gasteiger partial charge in [0.1, 0.15) is 11.5 Å². The summed E-state index contributed by atoms with van der Waals surface area (Å²) in [5, 5.41) is 5.05. The lowest BCUT2D eigenvalue weighted by Crippen LogP contribution is -2.40. The number of benzene rings is 1. The molecule has 0 unspecified atom stereocenters. The van der Waals surface area contributed by atoms with Crippen molar-refractivity contribution in [2.45, 2.75) is 45.6 Å². The molecule has 4 rings (SSSR count). The molecule has 7 heteroatoms. The standard InChI is InChI=1S/C26H34FN3O3/c1-5-21-26(29(13-7-12-27)19-10-14-33-15-11-19)23-9-6-8-22(30(23)28-21)25-18(2)16-20(31-3)17-24(25)32-4/h6,8-9,16-17,19H,5,7,10-15H2,1-4H3. The maximum absolute atomic E-state index is 13.2. The summed E-state index contributed by atoms with van der Waals surface area (Å²) >= 11 is 0. The van der Waals surface area contributed by atoms with Crippen LogP contribution in [0, 0.1) is 6.92 Å². The third-order valence-electron chi connectivity index (χ3n) is 6.47. The first-order valence-corrected chi connectivity index (χ1v) is 11.8. The fourth-order valence-corrected chi connectivity index (χ4v) is 4.88. The third kappa shape index (κ3) is 4.51. The highest BCUT2D eigenvalue weighted by atomic mass is 19.1. The van der Waals surface area contributed by atoms with E-state index < -0.39 is 0 Å². The van der Waals surface area contributed by atoms with Crippen LogP contribution in [0.2, 0.25) is 0 Å². The first kappa shape index (κ1) is 23.4. The number of ether oxygens (including phenoxy) is 3. The summed E-state index contributed by atoms with van der Waals surface area (Å²) in [6.45, 7) is 6.01. The Bertz CT molecular complexity index is 1090. The van der Waals surface area contributed by atoms with E-state index in [0.717, 1.165) is 77.7 Å². The van der Waals surface area contributed by atoms with Gasteiger partial charge in [-0.1, -0.05) is 13.0 Å². The Kier molecular flexibility index (Phi) is 7.38. The van der Waals surface area contributed by atoms with Crippen molar-refractivity contribution in [1.29, 1.82) is 0 Å². The maximum atomic E-state index is 13.2. The number of pyridine rings is 1. The predicted molar refractivity (Wildman–Crippen MR) is 130 cm³/mol. The smallest absolute Gasteiger partial charge is 0.132 e. The van der Waals surface area contributed by atoms with Crippen molar-refractivity contribution in [3.8, 4) is 22.8 Å². The normalized spacial score (nSPS) is 14.6. The minimum Gasteiger partial charge on any atom is -0.497 e. The van der Waals surface area contributed by atoms with Crippen LogP contribution in [0.5, 0.6) is 11.5 Å². The van der Waals surface area contributed by atoms with Crippen LogP contribution >= 0.6 is 0 Å². The number of aromatic nitrogens is 2. The van der Waals surface area contributed by atoms with Gasteiger partial charge in [0.05, 0.1) is 43.5 Å². The fourth-order valence-electron chi connectivity index (χ4n) is 4.88. The fraction of sp³-hybridized carbons (Fsp3) is 0.500. The Morgan fingerprint density at radius 3 is 2.64 bits per heavy atom. The molecule has 0 radical (unpaired) electrons. The van der Waals surface area contributed by atoms with Crippen LogP contribution in [0.25, 0.3) is 16.8 Å². The van der Waals surface area contributed by atoms with Gasteiger partial charge in [0, 0.05) is 37.4 Å². The molecule has 1 fully saturated rings. The van der Waals surface area contributed by atoms with Crippen LogP contribution < -0.4 is 14.4 Å². The molecule has 3 heterocycles. The van der Waals surface area contributed by atoms with E-state index in [1.807, 2.05) is 16.6 Å². The Labute approximate surface area is 195 Å². The molecule has 1 aliphatic rings. The number of rotatable bonds is 9. The van der Waals surface area contributed by atoms with E-state index in [0.29, 0.717) is 19.0 Å². The van der Waals surface area contributed by atoms with Gasteiger partial charge in [0.15, 0.2) is 0 Å². The van der Waals surface area contributed by atoms with Crippen molar-refractivity contribution >= 4 is 11.2 Å². The molecule has 6 nitrogen and oxygen atoms in total. The number of alkyl halides is 1. The van der Waals surface area contributed by atoms with Gasteiger partial charge in [-0.25, -0.2) is 4.52 Å². The summed E-state index contributed by atoms with van der Waals surface area (Å²) in [6.07, 6.45) is 3.18. The minimum atomic E-state index is -0.326. The summed E-state index contributed by atoms with van der Waals surface area (Å²) in [5.74, 6) is 1.50. The lowest BCUT2D eigenvalue weighted by atomic mass is 10.0. The van der Waals surface area contributed by atoms with Crippen molar-refractivity contribution in [3.05, 3.63) is 41.6 Å². The summed E-state index contributed by atoms with van der Waals surface area (Å²) < 4.78 is 32.0. The van der Waals surface area contributed by atoms with Gasteiger partial charge in [-0.3, -0.25) is 4.39 Å². The molecule has 0 N–H and O–H groups in total. The number of hydrogen-bond donors (Lipinski definition) is 0. The largest absolute Gasteiger partial charge is 0.497 e. The second kappa shape index (κ2) is 10.4. The number of methoxy groups -OCH3 is 2. The van der Waals surface area contributed by atoms with E-state index in [1.165, 1.54) is 0 Å². The second-order valence-electron chi connectivity index (χ2n) is 8.46. The molecule has 0 bridgehead atoms. The molecule has 3 aromatic rings. The lowest BCUT2D eigenvalue weighted by molar-refractivity contribution is 0.0843. The number of anilines is 1. The summed E-state index contributed by atoms with van der Waals surface area (Å²) in [4.78, 5) is 2.38. The van der Waals surface area contributed by atoms with Gasteiger partial charge in [0.25, 0.3) is 0 Å². The van der Waals surface area contributed by atoms with E-state index in [4.69, 9.17) is 19.3 Å². The average molecular weight is 456 g/mol. The molecular weight excluding hydrogens is 421 g/mol. The molecule has 178 valence electrons. The van der Waals surface area contributed by atoms with Gasteiger partial charge >= 0.3 is 0 Å². The Hall–Kier alpha value is -2.80. The van der Waals surface area contributed by atoms with Crippen LogP contribution in [0.15, 0.2) is 30.3 Å². The van der Waals surface area contributed by atoms with Crippen molar-refractivity contribution in [3.63, 3.8) is 0 Å². The summed E-state index contributed by atoms with van der Waals surface area (Å²) in [5.41, 5.74) is 6.17. The van der Waals surface area contributed by atoms with Crippen LogP contribution in [0.1, 0.15) is 37.4 Å². The Balaban J connectivity index is 1.90. The maximum Gasteiger partial charge on any atom is 0.132 e. The summed E-state index contributed by atoms with van der Waals surface area (Å²) in [7, 11) is 3.33. The van der Waals surface area contributed by atoms with Gasteiger partial charge in [-0.05, 0) is 56.4 Å². The van der Waals surface area contributed by atoms with Crippen LogP contribution in [0.4, 0.5) is 10.1 Å². The zero-order chi connectivity index (χ0) is 23.4. The molecule has 0 aliphatic carbocycles. The van der Waals surface area contributed by atoms with Crippen molar-refractivity contribution in [2.75, 3.05) is 45.6 Å². The van der Waals surface area contributed by atoms with Gasteiger partial charge < -0.3 is 19.1 Å². The Morgan fingerprint density at radius 1 is 1.18 bits per heavy atom. The molecular formula is C26H34FN3O3. The second-order valence-corrected chi connectivity index (χ2v) is 8.46. The number of fused-ring (bicyclic) bond motifs is 1. The summed E-state index contributed by atoms with van der Waals surface area (Å²) in [6, 6.07) is 10.5. The first-order valence-electron chi connectivity index (χ1n) is 11.8. The molecule has 1 saturated heterocycles. The molecule has 2 aromatic heterocycles. The Morgan fingerprint density at radius 2 is 1.97 bits per heavy atom. The predicted octanol–water partition coefficient (Wildman–Crippen LogP) is 5.23. The molecule has 0 amide bonds. The van der Waals surface area contributed by atoms with Crippen molar-refractivity contribution in [1.82, 2.24) is 9.61 Å². The molecule has 0 spiro atoms.